The number of hydrogen-bond donors (Lipinski definition) is 4. The van der Waals surface area contributed by atoms with Crippen molar-refractivity contribution in [3.8, 4) is 0 Å². The Hall–Kier alpha value is -1.43. The molecular formula is C11H13FN2O2. The van der Waals surface area contributed by atoms with Crippen LogP contribution < -0.4 is 5.73 Å². The number of fused-ring (bicyclic) bond motifs is 1. The second-order valence-corrected chi connectivity index (χ2v) is 3.68. The number of nitrogens with two attached hydrogens (primary N) is 1. The molecule has 0 radical (unpaired) electrons. The Balaban J connectivity index is 2.48. The number of H-pyrrole nitrogens is 1. The predicted molar refractivity (Wildman–Crippen MR) is 58.3 cm³/mol. The van der Waals surface area contributed by atoms with Crippen LogP contribution in [-0.4, -0.2) is 27.8 Å². The first-order valence-electron chi connectivity index (χ1n) is 4.96. The highest BCUT2D eigenvalue weighted by Gasteiger charge is 2.20. The Kier molecular flexibility index (Phi) is 2.91. The van der Waals surface area contributed by atoms with E-state index in [1.807, 2.05) is 0 Å². The zero-order valence-corrected chi connectivity index (χ0v) is 8.52. The lowest BCUT2D eigenvalue weighted by Crippen LogP contribution is -2.27. The summed E-state index contributed by atoms with van der Waals surface area (Å²) in [7, 11) is 0. The van der Waals surface area contributed by atoms with E-state index in [0.29, 0.717) is 16.5 Å². The van der Waals surface area contributed by atoms with E-state index < -0.39 is 12.2 Å². The van der Waals surface area contributed by atoms with Crippen molar-refractivity contribution in [1.82, 2.24) is 4.98 Å². The van der Waals surface area contributed by atoms with Gasteiger partial charge in [0, 0.05) is 29.2 Å². The molecule has 0 aliphatic carbocycles. The van der Waals surface area contributed by atoms with E-state index in [4.69, 9.17) is 5.73 Å². The van der Waals surface area contributed by atoms with E-state index in [-0.39, 0.29) is 12.4 Å². The summed E-state index contributed by atoms with van der Waals surface area (Å²) in [5.41, 5.74) is 6.42. The van der Waals surface area contributed by atoms with Gasteiger partial charge in [0.15, 0.2) is 0 Å². The minimum atomic E-state index is -1.11. The molecular weight excluding hydrogens is 211 g/mol. The van der Waals surface area contributed by atoms with Gasteiger partial charge in [0.1, 0.15) is 11.9 Å². The fourth-order valence-electron chi connectivity index (χ4n) is 1.70. The summed E-state index contributed by atoms with van der Waals surface area (Å²) in [4.78, 5) is 2.90. The number of halogens is 1. The van der Waals surface area contributed by atoms with Gasteiger partial charge in [0.2, 0.25) is 0 Å². The molecule has 0 amide bonds. The fourth-order valence-corrected chi connectivity index (χ4v) is 1.70. The molecule has 86 valence electrons. The van der Waals surface area contributed by atoms with Crippen LogP contribution >= 0.6 is 0 Å². The van der Waals surface area contributed by atoms with Gasteiger partial charge in [-0.3, -0.25) is 0 Å². The van der Waals surface area contributed by atoms with Gasteiger partial charge in [-0.15, -0.1) is 0 Å². The summed E-state index contributed by atoms with van der Waals surface area (Å²) >= 11 is 0. The highest BCUT2D eigenvalue weighted by atomic mass is 19.1. The largest absolute Gasteiger partial charge is 0.389 e. The molecule has 0 aliphatic heterocycles. The van der Waals surface area contributed by atoms with Crippen LogP contribution in [0.1, 0.15) is 11.7 Å². The first kappa shape index (κ1) is 11.1. The highest BCUT2D eigenvalue weighted by Crippen LogP contribution is 2.26. The van der Waals surface area contributed by atoms with Gasteiger partial charge in [0.05, 0.1) is 6.10 Å². The fraction of sp³-hybridized carbons (Fsp3) is 0.273. The monoisotopic (exact) mass is 224 g/mol. The number of aromatic nitrogens is 1. The summed E-state index contributed by atoms with van der Waals surface area (Å²) < 4.78 is 13.1. The number of benzene rings is 1. The van der Waals surface area contributed by atoms with Crippen molar-refractivity contribution in [1.29, 1.82) is 0 Å². The van der Waals surface area contributed by atoms with Crippen molar-refractivity contribution < 1.29 is 14.6 Å². The Labute approximate surface area is 91.5 Å². The zero-order valence-electron chi connectivity index (χ0n) is 8.52. The highest BCUT2D eigenvalue weighted by molar-refractivity contribution is 5.83. The molecule has 4 nitrogen and oxygen atoms in total. The van der Waals surface area contributed by atoms with Crippen molar-refractivity contribution in [3.63, 3.8) is 0 Å². The van der Waals surface area contributed by atoms with Gasteiger partial charge >= 0.3 is 0 Å². The van der Waals surface area contributed by atoms with Crippen molar-refractivity contribution in [3.05, 3.63) is 35.8 Å². The SMILES string of the molecule is NCC(O)C(O)c1c[nH]c2ccc(F)cc12. The number of rotatable bonds is 3. The maximum Gasteiger partial charge on any atom is 0.123 e. The Morgan fingerprint density at radius 2 is 2.12 bits per heavy atom. The number of aliphatic hydroxyl groups is 2. The quantitative estimate of drug-likeness (QED) is 0.618. The Bertz CT molecular complexity index is 498. The van der Waals surface area contributed by atoms with Gasteiger partial charge in [-0.1, -0.05) is 0 Å². The van der Waals surface area contributed by atoms with Crippen molar-refractivity contribution in [2.24, 2.45) is 5.73 Å². The molecule has 1 aromatic carbocycles. The number of aromatic amines is 1. The van der Waals surface area contributed by atoms with Crippen molar-refractivity contribution >= 4 is 10.9 Å². The first-order valence-corrected chi connectivity index (χ1v) is 4.96. The van der Waals surface area contributed by atoms with E-state index >= 15 is 0 Å². The topological polar surface area (TPSA) is 82.3 Å². The molecule has 0 aliphatic rings. The third-order valence-electron chi connectivity index (χ3n) is 2.60. The van der Waals surface area contributed by atoms with E-state index in [2.05, 4.69) is 4.98 Å². The molecule has 2 atom stereocenters. The van der Waals surface area contributed by atoms with Gasteiger partial charge in [0.25, 0.3) is 0 Å². The average molecular weight is 224 g/mol. The first-order chi connectivity index (χ1) is 7.63. The molecule has 1 aromatic heterocycles. The molecule has 1 heterocycles. The summed E-state index contributed by atoms with van der Waals surface area (Å²) in [6.07, 6.45) is -0.615. The standard InChI is InChI=1S/C11H13FN2O2/c12-6-1-2-9-7(3-6)8(5-14-9)11(16)10(15)4-13/h1-3,5,10-11,14-16H,4,13H2. The van der Waals surface area contributed by atoms with Crippen LogP contribution in [0.15, 0.2) is 24.4 Å². The molecule has 2 rings (SSSR count). The average Bonchev–Trinajstić information content (AvgIpc) is 2.69. The molecule has 0 bridgehead atoms. The predicted octanol–water partition coefficient (Wildman–Crippen LogP) is 0.660. The van der Waals surface area contributed by atoms with E-state index in [1.54, 1.807) is 12.3 Å². The van der Waals surface area contributed by atoms with Crippen LogP contribution in [0.4, 0.5) is 4.39 Å². The van der Waals surface area contributed by atoms with E-state index in [9.17, 15) is 14.6 Å². The van der Waals surface area contributed by atoms with Gasteiger partial charge < -0.3 is 20.9 Å². The van der Waals surface area contributed by atoms with Crippen LogP contribution in [0.5, 0.6) is 0 Å². The maximum absolute atomic E-state index is 13.1. The Morgan fingerprint density at radius 3 is 2.81 bits per heavy atom. The summed E-state index contributed by atoms with van der Waals surface area (Å²) in [5, 5.41) is 19.8. The smallest absolute Gasteiger partial charge is 0.123 e. The third-order valence-corrected chi connectivity index (χ3v) is 2.60. The van der Waals surface area contributed by atoms with E-state index in [0.717, 1.165) is 0 Å². The molecule has 0 saturated heterocycles. The van der Waals surface area contributed by atoms with Crippen molar-refractivity contribution in [2.75, 3.05) is 6.54 Å². The van der Waals surface area contributed by atoms with Gasteiger partial charge in [-0.25, -0.2) is 4.39 Å². The summed E-state index contributed by atoms with van der Waals surface area (Å²) in [6, 6.07) is 4.22. The lowest BCUT2D eigenvalue weighted by atomic mass is 10.0. The zero-order chi connectivity index (χ0) is 11.7. The molecule has 5 heteroatoms. The second-order valence-electron chi connectivity index (χ2n) is 3.68. The van der Waals surface area contributed by atoms with E-state index in [1.165, 1.54) is 12.1 Å². The molecule has 2 aromatic rings. The molecule has 0 spiro atoms. The van der Waals surface area contributed by atoms with Crippen molar-refractivity contribution in [2.45, 2.75) is 12.2 Å². The van der Waals surface area contributed by atoms with Crippen LogP contribution in [0.3, 0.4) is 0 Å². The van der Waals surface area contributed by atoms with Crippen LogP contribution in [0.25, 0.3) is 10.9 Å². The molecule has 0 fully saturated rings. The van der Waals surface area contributed by atoms with Crippen LogP contribution in [-0.2, 0) is 0 Å². The second kappa shape index (κ2) is 4.21. The lowest BCUT2D eigenvalue weighted by molar-refractivity contribution is 0.0252. The number of hydrogen-bond acceptors (Lipinski definition) is 3. The van der Waals surface area contributed by atoms with Gasteiger partial charge in [-0.05, 0) is 18.2 Å². The summed E-state index contributed by atoms with van der Waals surface area (Å²) in [6.45, 7) is -0.0524. The minimum absolute atomic E-state index is 0.0524. The molecule has 2 unspecified atom stereocenters. The number of aliphatic hydroxyl groups excluding tert-OH is 2. The van der Waals surface area contributed by atoms with Crippen LogP contribution in [0, 0.1) is 5.82 Å². The maximum atomic E-state index is 13.1. The third kappa shape index (κ3) is 1.80. The normalized spacial score (nSPS) is 15.2. The summed E-state index contributed by atoms with van der Waals surface area (Å²) in [5.74, 6) is -0.386. The molecule has 0 saturated carbocycles. The lowest BCUT2D eigenvalue weighted by Gasteiger charge is -2.15. The van der Waals surface area contributed by atoms with Gasteiger partial charge in [-0.2, -0.15) is 0 Å². The van der Waals surface area contributed by atoms with Crippen LogP contribution in [0.2, 0.25) is 0 Å². The molecule has 16 heavy (non-hydrogen) atoms. The molecule has 5 N–H and O–H groups in total. The number of nitrogens with one attached hydrogen (secondary N) is 1. The Morgan fingerprint density at radius 1 is 1.38 bits per heavy atom. The minimum Gasteiger partial charge on any atom is -0.389 e.